The molecule has 0 aliphatic heterocycles. The maximum absolute atomic E-state index is 13.1. The van der Waals surface area contributed by atoms with Crippen molar-refractivity contribution in [3.8, 4) is 17.2 Å². The van der Waals surface area contributed by atoms with Crippen LogP contribution in [0.2, 0.25) is 0 Å². The van der Waals surface area contributed by atoms with Crippen LogP contribution in [0.4, 0.5) is 13.2 Å². The predicted molar refractivity (Wildman–Crippen MR) is 68.6 cm³/mol. The van der Waals surface area contributed by atoms with Crippen molar-refractivity contribution in [3.63, 3.8) is 0 Å². The second-order valence-corrected chi connectivity index (χ2v) is 4.25. The normalized spacial score (nSPS) is 11.0. The van der Waals surface area contributed by atoms with Crippen LogP contribution < -0.4 is 0 Å². The van der Waals surface area contributed by atoms with E-state index in [1.54, 1.807) is 0 Å². The molecule has 106 valence electrons. The summed E-state index contributed by atoms with van der Waals surface area (Å²) in [5, 5.41) is 17.5. The Bertz CT molecular complexity index is 728. The highest BCUT2D eigenvalue weighted by Gasteiger charge is 2.34. The highest BCUT2D eigenvalue weighted by Crippen LogP contribution is 2.37. The summed E-state index contributed by atoms with van der Waals surface area (Å²) >= 11 is 0. The largest absolute Gasteiger partial charge is 0.478 e. The summed E-state index contributed by atoms with van der Waals surface area (Å²) in [7, 11) is 0. The van der Waals surface area contributed by atoms with Gasteiger partial charge in [-0.3, -0.25) is 0 Å². The van der Waals surface area contributed by atoms with Crippen molar-refractivity contribution in [1.82, 2.24) is 0 Å². The van der Waals surface area contributed by atoms with Gasteiger partial charge in [-0.1, -0.05) is 18.2 Å². The third-order valence-corrected chi connectivity index (χ3v) is 2.90. The molecular weight excluding hydrogens is 283 g/mol. The number of carboxylic acids is 1. The quantitative estimate of drug-likeness (QED) is 0.911. The van der Waals surface area contributed by atoms with Crippen LogP contribution in [-0.2, 0) is 6.18 Å². The lowest BCUT2D eigenvalue weighted by Crippen LogP contribution is -2.09. The summed E-state index contributed by atoms with van der Waals surface area (Å²) in [5.41, 5.74) is -0.989. The van der Waals surface area contributed by atoms with Gasteiger partial charge in [0.05, 0.1) is 22.8 Å². The third-order valence-electron chi connectivity index (χ3n) is 2.90. The molecule has 0 radical (unpaired) electrons. The summed E-state index contributed by atoms with van der Waals surface area (Å²) in [6.07, 6.45) is -4.67. The van der Waals surface area contributed by atoms with Crippen molar-refractivity contribution < 1.29 is 23.1 Å². The first-order valence-corrected chi connectivity index (χ1v) is 5.78. The van der Waals surface area contributed by atoms with Gasteiger partial charge in [0.1, 0.15) is 0 Å². The molecule has 3 nitrogen and oxygen atoms in total. The van der Waals surface area contributed by atoms with Gasteiger partial charge in [-0.05, 0) is 35.4 Å². The second-order valence-electron chi connectivity index (χ2n) is 4.25. The summed E-state index contributed by atoms with van der Waals surface area (Å²) in [6, 6.07) is 10.3. The molecule has 0 aliphatic rings. The van der Waals surface area contributed by atoms with Crippen molar-refractivity contribution in [2.75, 3.05) is 0 Å². The van der Waals surface area contributed by atoms with Gasteiger partial charge >= 0.3 is 12.1 Å². The molecular formula is C15H8F3NO2. The smallest absolute Gasteiger partial charge is 0.417 e. The van der Waals surface area contributed by atoms with Crippen molar-refractivity contribution in [1.29, 1.82) is 5.26 Å². The summed E-state index contributed by atoms with van der Waals surface area (Å²) in [6.45, 7) is 0. The molecule has 0 fully saturated rings. The Morgan fingerprint density at radius 3 is 2.19 bits per heavy atom. The molecule has 0 saturated carbocycles. The fourth-order valence-electron chi connectivity index (χ4n) is 1.89. The van der Waals surface area contributed by atoms with Crippen molar-refractivity contribution in [2.24, 2.45) is 0 Å². The number of hydrogen-bond acceptors (Lipinski definition) is 2. The lowest BCUT2D eigenvalue weighted by atomic mass is 9.96. The lowest BCUT2D eigenvalue weighted by molar-refractivity contribution is -0.137. The van der Waals surface area contributed by atoms with E-state index in [0.29, 0.717) is 11.6 Å². The van der Waals surface area contributed by atoms with Gasteiger partial charge in [0, 0.05) is 0 Å². The van der Waals surface area contributed by atoms with Crippen molar-refractivity contribution in [3.05, 3.63) is 59.2 Å². The lowest BCUT2D eigenvalue weighted by Gasteiger charge is -2.14. The Morgan fingerprint density at radius 2 is 1.71 bits per heavy atom. The van der Waals surface area contributed by atoms with E-state index in [4.69, 9.17) is 10.4 Å². The number of aromatic carboxylic acids is 1. The first-order chi connectivity index (χ1) is 9.82. The number of carbonyl (C=O) groups is 1. The number of benzene rings is 2. The zero-order valence-corrected chi connectivity index (χ0v) is 10.5. The van der Waals surface area contributed by atoms with Crippen molar-refractivity contribution >= 4 is 5.97 Å². The van der Waals surface area contributed by atoms with E-state index < -0.39 is 23.3 Å². The van der Waals surface area contributed by atoms with Crippen LogP contribution in [0, 0.1) is 11.3 Å². The minimum absolute atomic E-state index is 0.128. The maximum atomic E-state index is 13.1. The second kappa shape index (κ2) is 5.29. The average molecular weight is 291 g/mol. The molecule has 2 aromatic carbocycles. The monoisotopic (exact) mass is 291 g/mol. The molecule has 2 rings (SSSR count). The van der Waals surface area contributed by atoms with Crippen molar-refractivity contribution in [2.45, 2.75) is 6.18 Å². The Morgan fingerprint density at radius 1 is 1.10 bits per heavy atom. The SMILES string of the molecule is N#Cc1ccc(-c2ccc(C(=O)O)cc2C(F)(F)F)cc1. The van der Waals surface area contributed by atoms with Gasteiger partial charge in [0.2, 0.25) is 0 Å². The molecule has 21 heavy (non-hydrogen) atoms. The highest BCUT2D eigenvalue weighted by atomic mass is 19.4. The Balaban J connectivity index is 2.62. The molecule has 0 spiro atoms. The molecule has 0 saturated heterocycles. The zero-order valence-electron chi connectivity index (χ0n) is 10.5. The number of nitrogens with zero attached hydrogens (tertiary/aromatic N) is 1. The number of alkyl halides is 3. The number of halogens is 3. The van der Waals surface area contributed by atoms with Gasteiger partial charge in [-0.15, -0.1) is 0 Å². The van der Waals surface area contributed by atoms with E-state index >= 15 is 0 Å². The molecule has 0 unspecified atom stereocenters. The molecule has 0 atom stereocenters. The van der Waals surface area contributed by atoms with Gasteiger partial charge < -0.3 is 5.11 Å². The molecule has 0 bridgehead atoms. The molecule has 0 aromatic heterocycles. The minimum Gasteiger partial charge on any atom is -0.478 e. The third kappa shape index (κ3) is 3.03. The summed E-state index contributed by atoms with van der Waals surface area (Å²) < 4.78 is 39.2. The Kier molecular flexibility index (Phi) is 3.68. The topological polar surface area (TPSA) is 61.1 Å². The molecule has 0 aliphatic carbocycles. The Hall–Kier alpha value is -2.81. The number of nitriles is 1. The van der Waals surface area contributed by atoms with Crippen LogP contribution in [0.1, 0.15) is 21.5 Å². The van der Waals surface area contributed by atoms with Crippen LogP contribution in [0.5, 0.6) is 0 Å². The fraction of sp³-hybridized carbons (Fsp3) is 0.0667. The van der Waals surface area contributed by atoms with E-state index in [9.17, 15) is 18.0 Å². The number of rotatable bonds is 2. The first kappa shape index (κ1) is 14.6. The minimum atomic E-state index is -4.67. The van der Waals surface area contributed by atoms with Gasteiger partial charge in [0.15, 0.2) is 0 Å². The number of carboxylic acid groups (broad SMARTS) is 1. The predicted octanol–water partition coefficient (Wildman–Crippen LogP) is 3.94. The average Bonchev–Trinajstić information content (AvgIpc) is 2.46. The maximum Gasteiger partial charge on any atom is 0.417 e. The van der Waals surface area contributed by atoms with Crippen LogP contribution in [0.25, 0.3) is 11.1 Å². The fourth-order valence-corrected chi connectivity index (χ4v) is 1.89. The summed E-state index contributed by atoms with van der Waals surface area (Å²) in [5.74, 6) is -1.42. The van der Waals surface area contributed by atoms with E-state index in [0.717, 1.165) is 12.1 Å². The van der Waals surface area contributed by atoms with Gasteiger partial charge in [-0.2, -0.15) is 18.4 Å². The molecule has 0 heterocycles. The highest BCUT2D eigenvalue weighted by molar-refractivity contribution is 5.89. The van der Waals surface area contributed by atoms with Gasteiger partial charge in [0.25, 0.3) is 0 Å². The zero-order chi connectivity index (χ0) is 15.6. The standard InChI is InChI=1S/C15H8F3NO2/c16-15(17,18)13-7-11(14(20)21)5-6-12(13)10-3-1-9(8-19)2-4-10/h1-7H,(H,20,21). The number of hydrogen-bond donors (Lipinski definition) is 1. The molecule has 0 amide bonds. The van der Waals surface area contributed by atoms with Crippen LogP contribution in [-0.4, -0.2) is 11.1 Å². The first-order valence-electron chi connectivity index (χ1n) is 5.78. The van der Waals surface area contributed by atoms with Crippen LogP contribution >= 0.6 is 0 Å². The van der Waals surface area contributed by atoms with Crippen LogP contribution in [0.15, 0.2) is 42.5 Å². The van der Waals surface area contributed by atoms with Crippen LogP contribution in [0.3, 0.4) is 0 Å². The molecule has 2 aromatic rings. The van der Waals surface area contributed by atoms with E-state index in [2.05, 4.69) is 0 Å². The Labute approximate surface area is 117 Å². The van der Waals surface area contributed by atoms with E-state index in [1.165, 1.54) is 24.3 Å². The molecule has 6 heteroatoms. The van der Waals surface area contributed by atoms with Gasteiger partial charge in [-0.25, -0.2) is 4.79 Å². The summed E-state index contributed by atoms with van der Waals surface area (Å²) in [4.78, 5) is 10.8. The van der Waals surface area contributed by atoms with E-state index in [-0.39, 0.29) is 11.1 Å². The van der Waals surface area contributed by atoms with E-state index in [1.807, 2.05) is 6.07 Å². The molecule has 1 N–H and O–H groups in total.